The lowest BCUT2D eigenvalue weighted by Crippen LogP contribution is -2.70. The smallest absolute Gasteiger partial charge is 0.352 e. The molecule has 1 aromatic carbocycles. The van der Waals surface area contributed by atoms with Crippen molar-refractivity contribution in [1.29, 1.82) is 0 Å². The van der Waals surface area contributed by atoms with Gasteiger partial charge in [0.05, 0.1) is 6.42 Å². The van der Waals surface area contributed by atoms with Crippen LogP contribution in [0.25, 0.3) is 0 Å². The predicted molar refractivity (Wildman–Crippen MR) is 101 cm³/mol. The highest BCUT2D eigenvalue weighted by atomic mass is 32.2. The summed E-state index contributed by atoms with van der Waals surface area (Å²) in [5.74, 6) is -2.38. The number of carboxylic acid groups (broad SMARTS) is 1. The first kappa shape index (κ1) is 19.7. The lowest BCUT2D eigenvalue weighted by Gasteiger charge is -2.49. The number of carboxylic acids is 1. The Balaban J connectivity index is 1.68. The normalized spacial score (nSPS) is 20.9. The van der Waals surface area contributed by atoms with Crippen LogP contribution in [0, 0.1) is 0 Å². The molecule has 1 fully saturated rings. The highest BCUT2D eigenvalue weighted by molar-refractivity contribution is 8.00. The van der Waals surface area contributed by atoms with Crippen molar-refractivity contribution in [3.8, 4) is 0 Å². The van der Waals surface area contributed by atoms with Crippen molar-refractivity contribution in [1.82, 2.24) is 10.2 Å². The second kappa shape index (κ2) is 7.93. The number of benzene rings is 1. The molecule has 2 heterocycles. The molecule has 2 amide bonds. The summed E-state index contributed by atoms with van der Waals surface area (Å²) in [5.41, 5.74) is 7.11. The molecule has 1 saturated heterocycles. The van der Waals surface area contributed by atoms with Crippen LogP contribution in [0.1, 0.15) is 12.5 Å². The minimum Gasteiger partial charge on any atom is -0.477 e. The quantitative estimate of drug-likeness (QED) is 0.344. The van der Waals surface area contributed by atoms with Crippen LogP contribution in [0.3, 0.4) is 0 Å². The van der Waals surface area contributed by atoms with Crippen LogP contribution in [0.5, 0.6) is 0 Å². The third-order valence-corrected chi connectivity index (χ3v) is 5.67. The van der Waals surface area contributed by atoms with E-state index in [0.29, 0.717) is 16.8 Å². The van der Waals surface area contributed by atoms with E-state index in [9.17, 15) is 24.3 Å². The van der Waals surface area contributed by atoms with Crippen molar-refractivity contribution in [3.63, 3.8) is 0 Å². The Morgan fingerprint density at radius 1 is 1.39 bits per heavy atom. The Hall–Kier alpha value is -3.01. The molecule has 3 rings (SSSR count). The van der Waals surface area contributed by atoms with Crippen LogP contribution >= 0.6 is 11.8 Å². The van der Waals surface area contributed by atoms with Crippen LogP contribution in [0.15, 0.2) is 35.5 Å². The number of nitrogens with one attached hydrogen (secondary N) is 1. The van der Waals surface area contributed by atoms with E-state index in [1.807, 2.05) is 0 Å². The van der Waals surface area contributed by atoms with Gasteiger partial charge in [-0.1, -0.05) is 12.1 Å². The summed E-state index contributed by atoms with van der Waals surface area (Å²) in [5, 5.41) is 11.7. The molecule has 0 bridgehead atoms. The maximum absolute atomic E-state index is 12.5. The molecular formula is C18H19N3O6S. The fourth-order valence-electron chi connectivity index (χ4n) is 3.10. The van der Waals surface area contributed by atoms with Crippen LogP contribution in [-0.2, 0) is 30.3 Å². The molecular weight excluding hydrogens is 386 g/mol. The molecule has 10 heteroatoms. The number of nitrogen functional groups attached to an aromatic ring is 1. The van der Waals surface area contributed by atoms with Gasteiger partial charge in [0, 0.05) is 23.9 Å². The summed E-state index contributed by atoms with van der Waals surface area (Å²) in [6, 6.07) is 6.08. The van der Waals surface area contributed by atoms with Gasteiger partial charge < -0.3 is 20.9 Å². The van der Waals surface area contributed by atoms with Crippen molar-refractivity contribution in [2.75, 3.05) is 18.1 Å². The van der Waals surface area contributed by atoms with Gasteiger partial charge in [-0.3, -0.25) is 19.3 Å². The number of anilines is 1. The SMILES string of the molecule is CC(=O)OCC1=C(C(=O)O)N2C(=O)[C@@H](NC(=O)Cc3cccc(N)c3)[C@H]2SC1. The average Bonchev–Trinajstić information content (AvgIpc) is 2.63. The van der Waals surface area contributed by atoms with Gasteiger partial charge in [0.15, 0.2) is 0 Å². The zero-order valence-corrected chi connectivity index (χ0v) is 15.8. The van der Waals surface area contributed by atoms with Crippen LogP contribution in [0.2, 0.25) is 0 Å². The first-order valence-electron chi connectivity index (χ1n) is 8.45. The summed E-state index contributed by atoms with van der Waals surface area (Å²) in [6.45, 7) is 1.04. The van der Waals surface area contributed by atoms with Gasteiger partial charge in [-0.15, -0.1) is 11.8 Å². The standard InChI is InChI=1S/C18H19N3O6S/c1-9(22)27-7-11-8-28-17-14(16(24)21(17)15(11)18(25)26)20-13(23)6-10-3-2-4-12(19)5-10/h2-5,14,17H,6-8,19H2,1H3,(H,20,23)(H,25,26)/t14-,17-/m1/s1. The van der Waals surface area contributed by atoms with E-state index in [0.717, 1.165) is 4.90 Å². The Labute approximate surface area is 164 Å². The zero-order chi connectivity index (χ0) is 20.4. The number of amides is 2. The number of hydrogen-bond acceptors (Lipinski definition) is 7. The van der Waals surface area contributed by atoms with E-state index < -0.39 is 29.3 Å². The fourth-order valence-corrected chi connectivity index (χ4v) is 4.42. The van der Waals surface area contributed by atoms with Gasteiger partial charge in [0.1, 0.15) is 23.7 Å². The van der Waals surface area contributed by atoms with Gasteiger partial charge in [0.25, 0.3) is 5.91 Å². The highest BCUT2D eigenvalue weighted by Gasteiger charge is 2.54. The summed E-state index contributed by atoms with van der Waals surface area (Å²) in [6.07, 6.45) is 0.0610. The average molecular weight is 405 g/mol. The van der Waals surface area contributed by atoms with Crippen molar-refractivity contribution < 1.29 is 29.0 Å². The van der Waals surface area contributed by atoms with Gasteiger partial charge in [-0.05, 0) is 17.7 Å². The number of aliphatic carboxylic acids is 1. The molecule has 1 aromatic rings. The molecule has 0 spiro atoms. The van der Waals surface area contributed by atoms with Crippen LogP contribution in [-0.4, -0.2) is 57.5 Å². The lowest BCUT2D eigenvalue weighted by molar-refractivity contribution is -0.151. The maximum atomic E-state index is 12.5. The number of hydrogen-bond donors (Lipinski definition) is 3. The second-order valence-electron chi connectivity index (χ2n) is 6.41. The van der Waals surface area contributed by atoms with Gasteiger partial charge in [-0.2, -0.15) is 0 Å². The Kier molecular flexibility index (Phi) is 5.59. The first-order chi connectivity index (χ1) is 13.3. The number of nitrogens with two attached hydrogens (primary N) is 1. The number of thioether (sulfide) groups is 1. The summed E-state index contributed by atoms with van der Waals surface area (Å²) in [4.78, 5) is 48.6. The molecule has 28 heavy (non-hydrogen) atoms. The summed E-state index contributed by atoms with van der Waals surface area (Å²) >= 11 is 1.31. The van der Waals surface area contributed by atoms with Gasteiger partial charge in [0.2, 0.25) is 5.91 Å². The third kappa shape index (κ3) is 3.96. The Morgan fingerprint density at radius 3 is 2.79 bits per heavy atom. The van der Waals surface area contributed by atoms with Gasteiger partial charge >= 0.3 is 11.9 Å². The number of β-lactam (4-membered cyclic amide) rings is 1. The van der Waals surface area contributed by atoms with Crippen molar-refractivity contribution in [3.05, 3.63) is 41.1 Å². The van der Waals surface area contributed by atoms with E-state index >= 15 is 0 Å². The molecule has 0 aliphatic carbocycles. The molecule has 148 valence electrons. The van der Waals surface area contributed by atoms with E-state index in [2.05, 4.69) is 5.32 Å². The monoisotopic (exact) mass is 405 g/mol. The minimum atomic E-state index is -1.27. The van der Waals surface area contributed by atoms with E-state index in [1.54, 1.807) is 24.3 Å². The summed E-state index contributed by atoms with van der Waals surface area (Å²) < 4.78 is 4.88. The van der Waals surface area contributed by atoms with Gasteiger partial charge in [-0.25, -0.2) is 4.79 Å². The number of carbonyl (C=O) groups is 4. The van der Waals surface area contributed by atoms with E-state index in [1.165, 1.54) is 18.7 Å². The number of fused-ring (bicyclic) bond motifs is 1. The molecule has 0 aromatic heterocycles. The van der Waals surface area contributed by atoms with Crippen LogP contribution < -0.4 is 11.1 Å². The number of esters is 1. The van der Waals surface area contributed by atoms with Crippen molar-refractivity contribution >= 4 is 41.2 Å². The maximum Gasteiger partial charge on any atom is 0.352 e. The van der Waals surface area contributed by atoms with Crippen molar-refractivity contribution in [2.45, 2.75) is 24.8 Å². The highest BCUT2D eigenvalue weighted by Crippen LogP contribution is 2.40. The minimum absolute atomic E-state index is 0.0610. The molecule has 2 aliphatic heterocycles. The zero-order valence-electron chi connectivity index (χ0n) is 15.0. The number of rotatable bonds is 6. The Bertz CT molecular complexity index is 884. The Morgan fingerprint density at radius 2 is 2.14 bits per heavy atom. The fraction of sp³-hybridized carbons (Fsp3) is 0.333. The van der Waals surface area contributed by atoms with E-state index in [-0.39, 0.29) is 30.4 Å². The predicted octanol–water partition coefficient (Wildman–Crippen LogP) is 0.113. The molecule has 0 unspecified atom stereocenters. The second-order valence-corrected chi connectivity index (χ2v) is 7.52. The number of ether oxygens (including phenoxy) is 1. The molecule has 2 atom stereocenters. The lowest BCUT2D eigenvalue weighted by atomic mass is 10.0. The molecule has 4 N–H and O–H groups in total. The largest absolute Gasteiger partial charge is 0.477 e. The molecule has 0 radical (unpaired) electrons. The first-order valence-corrected chi connectivity index (χ1v) is 9.50. The molecule has 2 aliphatic rings. The van der Waals surface area contributed by atoms with Crippen LogP contribution in [0.4, 0.5) is 5.69 Å². The van der Waals surface area contributed by atoms with E-state index in [4.69, 9.17) is 10.5 Å². The summed E-state index contributed by atoms with van der Waals surface area (Å²) in [7, 11) is 0. The third-order valence-electron chi connectivity index (χ3n) is 4.33. The molecule has 9 nitrogen and oxygen atoms in total. The number of nitrogens with zero attached hydrogens (tertiary/aromatic N) is 1. The van der Waals surface area contributed by atoms with Crippen molar-refractivity contribution in [2.24, 2.45) is 0 Å². The topological polar surface area (TPSA) is 139 Å². The number of carbonyl (C=O) groups excluding carboxylic acids is 3. The molecule has 0 saturated carbocycles.